The van der Waals surface area contributed by atoms with Crippen LogP contribution in [0, 0.1) is 22.7 Å². The Bertz CT molecular complexity index is 1890. The average Bonchev–Trinajstić information content (AvgIpc) is 3.82. The van der Waals surface area contributed by atoms with E-state index in [4.69, 9.17) is 36.8 Å². The number of rotatable bonds is 13. The van der Waals surface area contributed by atoms with Crippen LogP contribution in [0.1, 0.15) is 43.5 Å². The molecule has 2 aromatic heterocycles. The van der Waals surface area contributed by atoms with Crippen molar-refractivity contribution in [2.24, 2.45) is 5.73 Å². The maximum atomic E-state index is 12.2. The van der Waals surface area contributed by atoms with Gasteiger partial charge in [0.05, 0.1) is 17.3 Å². The summed E-state index contributed by atoms with van der Waals surface area (Å²) < 4.78 is 11.0. The first-order valence-corrected chi connectivity index (χ1v) is 17.8. The van der Waals surface area contributed by atoms with Crippen molar-refractivity contribution in [3.63, 3.8) is 0 Å². The quantitative estimate of drug-likeness (QED) is 0.0887. The van der Waals surface area contributed by atoms with Gasteiger partial charge in [0.15, 0.2) is 0 Å². The number of amides is 1. The molecule has 1 fully saturated rings. The van der Waals surface area contributed by atoms with E-state index in [-0.39, 0.29) is 25.6 Å². The number of nitrogens with one attached hydrogen (secondary N) is 1. The highest BCUT2D eigenvalue weighted by Gasteiger charge is 2.26. The van der Waals surface area contributed by atoms with E-state index in [1.165, 1.54) is 36.9 Å². The molecule has 1 aliphatic heterocycles. The van der Waals surface area contributed by atoms with Crippen LogP contribution in [0.2, 0.25) is 5.02 Å². The summed E-state index contributed by atoms with van der Waals surface area (Å²) in [4.78, 5) is 35.7. The Morgan fingerprint density at radius 3 is 2.32 bits per heavy atom. The van der Waals surface area contributed by atoms with Crippen LogP contribution < -0.4 is 20.7 Å². The van der Waals surface area contributed by atoms with Gasteiger partial charge in [0.2, 0.25) is 5.91 Å². The van der Waals surface area contributed by atoms with Crippen LogP contribution in [-0.2, 0) is 20.1 Å². The van der Waals surface area contributed by atoms with Crippen molar-refractivity contribution >= 4 is 64.8 Å². The number of pyridine rings is 1. The van der Waals surface area contributed by atoms with E-state index in [1.54, 1.807) is 24.3 Å². The molecular formula is C35H35Cl2N7O4S2. The van der Waals surface area contributed by atoms with Crippen LogP contribution in [-0.4, -0.2) is 60.2 Å². The van der Waals surface area contributed by atoms with Gasteiger partial charge in [0, 0.05) is 40.4 Å². The molecule has 11 nitrogen and oxygen atoms in total. The molecule has 0 spiro atoms. The Balaban J connectivity index is 0.00000562. The summed E-state index contributed by atoms with van der Waals surface area (Å²) in [6.45, 7) is 4.66. The molecule has 3 N–H and O–H groups in total. The number of nitriles is 2. The van der Waals surface area contributed by atoms with Crippen LogP contribution in [0.5, 0.6) is 5.75 Å². The fraction of sp³-hybridized carbons (Fsp3) is 0.314. The Morgan fingerprint density at radius 2 is 1.68 bits per heavy atom. The molecule has 15 heteroatoms. The summed E-state index contributed by atoms with van der Waals surface area (Å²) >= 11 is 9.00. The van der Waals surface area contributed by atoms with Crippen molar-refractivity contribution < 1.29 is 19.1 Å². The molecule has 3 heterocycles. The van der Waals surface area contributed by atoms with Gasteiger partial charge in [0.1, 0.15) is 58.6 Å². The van der Waals surface area contributed by atoms with E-state index in [1.807, 2.05) is 29.6 Å². The molecule has 4 aromatic rings. The van der Waals surface area contributed by atoms with E-state index in [9.17, 15) is 20.1 Å². The molecule has 1 amide bonds. The van der Waals surface area contributed by atoms with Gasteiger partial charge in [-0.2, -0.15) is 10.5 Å². The lowest BCUT2D eigenvalue weighted by Gasteiger charge is -2.22. The molecular weight excluding hydrogens is 717 g/mol. The Kier molecular flexibility index (Phi) is 13.9. The number of hydrogen-bond donors (Lipinski definition) is 2. The van der Waals surface area contributed by atoms with E-state index < -0.39 is 24.0 Å². The zero-order chi connectivity index (χ0) is 34.9. The lowest BCUT2D eigenvalue weighted by molar-refractivity contribution is -0.148. The van der Waals surface area contributed by atoms with Gasteiger partial charge in [0.25, 0.3) is 0 Å². The minimum atomic E-state index is -0.844. The number of hydrogen-bond acceptors (Lipinski definition) is 12. The number of esters is 1. The van der Waals surface area contributed by atoms with Gasteiger partial charge in [-0.1, -0.05) is 47.6 Å². The fourth-order valence-electron chi connectivity index (χ4n) is 5.10. The number of nitrogens with two attached hydrogens (primary N) is 1. The number of nitrogens with zero attached hydrogens (tertiary/aromatic N) is 5. The number of carbonyl (C=O) groups is 2. The van der Waals surface area contributed by atoms with Crippen molar-refractivity contribution in [3.05, 3.63) is 75.8 Å². The van der Waals surface area contributed by atoms with E-state index in [0.29, 0.717) is 49.6 Å². The zero-order valence-corrected chi connectivity index (χ0v) is 30.6. The average molecular weight is 753 g/mol. The molecule has 0 aliphatic carbocycles. The van der Waals surface area contributed by atoms with Crippen LogP contribution in [0.25, 0.3) is 21.7 Å². The van der Waals surface area contributed by atoms with Crippen molar-refractivity contribution in [1.82, 2.24) is 15.3 Å². The molecule has 2 atom stereocenters. The summed E-state index contributed by atoms with van der Waals surface area (Å²) in [6, 6.07) is 17.7. The minimum absolute atomic E-state index is 0. The number of aromatic nitrogens is 2. The second-order valence-corrected chi connectivity index (χ2v) is 13.5. The second kappa shape index (κ2) is 18.0. The number of thioether (sulfide) groups is 1. The second-order valence-electron chi connectivity index (χ2n) is 11.3. The molecule has 1 aliphatic rings. The molecule has 5 rings (SSSR count). The lowest BCUT2D eigenvalue weighted by Crippen LogP contribution is -2.46. The minimum Gasteiger partial charge on any atom is -0.490 e. The topological polar surface area (TPSA) is 167 Å². The number of halogens is 2. The van der Waals surface area contributed by atoms with Gasteiger partial charge >= 0.3 is 5.97 Å². The van der Waals surface area contributed by atoms with E-state index in [0.717, 1.165) is 42.2 Å². The molecule has 50 heavy (non-hydrogen) atoms. The predicted molar refractivity (Wildman–Crippen MR) is 198 cm³/mol. The van der Waals surface area contributed by atoms with Gasteiger partial charge in [-0.15, -0.1) is 23.7 Å². The number of benzene rings is 2. The highest BCUT2D eigenvalue weighted by atomic mass is 35.5. The first-order chi connectivity index (χ1) is 23.7. The predicted octanol–water partition coefficient (Wildman–Crippen LogP) is 6.36. The molecule has 2 aromatic carbocycles. The zero-order valence-electron chi connectivity index (χ0n) is 27.3. The number of anilines is 1. The molecule has 0 unspecified atom stereocenters. The van der Waals surface area contributed by atoms with Gasteiger partial charge < -0.3 is 25.4 Å². The van der Waals surface area contributed by atoms with Crippen molar-refractivity contribution in [1.29, 1.82) is 10.5 Å². The third kappa shape index (κ3) is 9.44. The normalized spacial score (nSPS) is 13.4. The summed E-state index contributed by atoms with van der Waals surface area (Å²) in [5.74, 6) is 0.530. The molecule has 0 bridgehead atoms. The van der Waals surface area contributed by atoms with E-state index >= 15 is 0 Å². The van der Waals surface area contributed by atoms with Crippen molar-refractivity contribution in [2.45, 2.75) is 49.6 Å². The number of ether oxygens (including phenoxy) is 2. The van der Waals surface area contributed by atoms with Crippen LogP contribution in [0.15, 0.2) is 58.9 Å². The molecule has 0 saturated carbocycles. The van der Waals surface area contributed by atoms with Crippen molar-refractivity contribution in [2.75, 3.05) is 31.2 Å². The summed E-state index contributed by atoms with van der Waals surface area (Å²) in [5.41, 5.74) is 9.23. The Labute approximate surface area is 310 Å². The maximum Gasteiger partial charge on any atom is 0.328 e. The van der Waals surface area contributed by atoms with Gasteiger partial charge in [-0.25, -0.2) is 14.8 Å². The maximum absolute atomic E-state index is 12.2. The van der Waals surface area contributed by atoms with Crippen LogP contribution >= 0.6 is 47.1 Å². The van der Waals surface area contributed by atoms with E-state index in [2.05, 4.69) is 22.4 Å². The third-order valence-electron chi connectivity index (χ3n) is 7.64. The van der Waals surface area contributed by atoms with Crippen LogP contribution in [0.4, 0.5) is 5.82 Å². The monoisotopic (exact) mass is 751 g/mol. The first-order valence-electron chi connectivity index (χ1n) is 15.6. The fourth-order valence-corrected chi connectivity index (χ4v) is 7.03. The highest BCUT2D eigenvalue weighted by molar-refractivity contribution is 7.98. The third-order valence-corrected chi connectivity index (χ3v) is 9.84. The lowest BCUT2D eigenvalue weighted by atomic mass is 9.96. The van der Waals surface area contributed by atoms with Gasteiger partial charge in [-0.05, 0) is 56.5 Å². The summed E-state index contributed by atoms with van der Waals surface area (Å²) in [5, 5.41) is 27.4. The molecule has 1 saturated heterocycles. The SMILES string of the molecule is C[C@H](N)C(=O)N[C@@H](C)C(=O)OCCOc1ccc(-c2c(C#N)c(SCc3csc(-c4ccc(Cl)cc4)n3)nc(N3CCCC3)c2C#N)cc1.Cl. The van der Waals surface area contributed by atoms with Crippen LogP contribution in [0.3, 0.4) is 0 Å². The Hall–Kier alpha value is -4.37. The summed E-state index contributed by atoms with van der Waals surface area (Å²) in [7, 11) is 0. The standard InChI is InChI=1S/C35H34ClN7O4S2.ClH/c1-21(39)32(44)40-22(2)35(45)47-16-15-46-27-11-7-23(8-12-27)30-28(17-37)31(43-13-3-4-14-43)42-34(29(30)18-38)49-20-26-19-48-33(41-26)24-5-9-25(36)10-6-24;/h5-12,19,21-22H,3-4,13-16,20,39H2,1-2H3,(H,40,44);1H/t21-,22-;/m0./s1. The number of thiazole rings is 1. The largest absolute Gasteiger partial charge is 0.490 e. The smallest absolute Gasteiger partial charge is 0.328 e. The molecule has 260 valence electrons. The van der Waals surface area contributed by atoms with Gasteiger partial charge in [-0.3, -0.25) is 4.79 Å². The summed E-state index contributed by atoms with van der Waals surface area (Å²) in [6.07, 6.45) is 2.00. The highest BCUT2D eigenvalue weighted by Crippen LogP contribution is 2.40. The van der Waals surface area contributed by atoms with Crippen molar-refractivity contribution in [3.8, 4) is 39.6 Å². The molecule has 0 radical (unpaired) electrons. The number of carbonyl (C=O) groups excluding carboxylic acids is 2. The first kappa shape index (κ1) is 38.4. The Morgan fingerprint density at radius 1 is 1.02 bits per heavy atom.